The van der Waals surface area contributed by atoms with Crippen molar-refractivity contribution >= 4 is 53.7 Å². The molecule has 0 amide bonds. The zero-order chi connectivity index (χ0) is 23.9. The zero-order valence-electron chi connectivity index (χ0n) is 19.6. The summed E-state index contributed by atoms with van der Waals surface area (Å²) >= 11 is 1.87. The summed E-state index contributed by atoms with van der Waals surface area (Å²) in [7, 11) is 0. The molecular weight excluding hydrogens is 454 g/mol. The highest BCUT2D eigenvalue weighted by Gasteiger charge is 2.15. The second kappa shape index (κ2) is 8.67. The van der Waals surface area contributed by atoms with E-state index < -0.39 is 0 Å². The summed E-state index contributed by atoms with van der Waals surface area (Å²) in [6, 6.07) is 47.7. The first-order valence-corrected chi connectivity index (χ1v) is 13.0. The molecule has 0 unspecified atom stereocenters. The van der Waals surface area contributed by atoms with Gasteiger partial charge in [-0.25, -0.2) is 0 Å². The first-order valence-electron chi connectivity index (χ1n) is 12.2. The van der Waals surface area contributed by atoms with Gasteiger partial charge in [-0.2, -0.15) is 0 Å². The third-order valence-electron chi connectivity index (χ3n) is 6.88. The summed E-state index contributed by atoms with van der Waals surface area (Å²) in [5, 5.41) is 8.92. The lowest BCUT2D eigenvalue weighted by Gasteiger charge is -2.15. The molecular formula is C34H23NS. The van der Waals surface area contributed by atoms with Crippen LogP contribution in [0.25, 0.3) is 53.2 Å². The smallest absolute Gasteiger partial charge is 0.0478 e. The summed E-state index contributed by atoms with van der Waals surface area (Å²) < 4.78 is 2.62. The largest absolute Gasteiger partial charge is 0.354 e. The van der Waals surface area contributed by atoms with Crippen LogP contribution in [0.1, 0.15) is 0 Å². The van der Waals surface area contributed by atoms with Crippen LogP contribution < -0.4 is 5.32 Å². The van der Waals surface area contributed by atoms with E-state index in [0.29, 0.717) is 0 Å². The SMILES string of the molecule is c1ccc(-c2cccc3c2sc2cccc(Nc4ccccc4-c4cccc5ccccc45)c23)cc1. The van der Waals surface area contributed by atoms with Gasteiger partial charge in [0.15, 0.2) is 0 Å². The van der Waals surface area contributed by atoms with Gasteiger partial charge in [0.05, 0.1) is 0 Å². The molecule has 1 N–H and O–H groups in total. The summed E-state index contributed by atoms with van der Waals surface area (Å²) in [4.78, 5) is 0. The monoisotopic (exact) mass is 477 g/mol. The molecule has 0 fully saturated rings. The van der Waals surface area contributed by atoms with Gasteiger partial charge < -0.3 is 5.32 Å². The molecule has 1 heterocycles. The Labute approximate surface area is 214 Å². The second-order valence-electron chi connectivity index (χ2n) is 9.03. The number of hydrogen-bond donors (Lipinski definition) is 1. The average molecular weight is 478 g/mol. The summed E-state index contributed by atoms with van der Waals surface area (Å²) in [6.45, 7) is 0. The van der Waals surface area contributed by atoms with E-state index in [9.17, 15) is 0 Å². The Morgan fingerprint density at radius 3 is 2.03 bits per heavy atom. The first kappa shape index (κ1) is 20.9. The molecule has 0 saturated heterocycles. The van der Waals surface area contributed by atoms with E-state index in [-0.39, 0.29) is 0 Å². The normalized spacial score (nSPS) is 11.3. The van der Waals surface area contributed by atoms with Crippen LogP contribution in [-0.4, -0.2) is 0 Å². The van der Waals surface area contributed by atoms with Crippen LogP contribution in [0.3, 0.4) is 0 Å². The highest BCUT2D eigenvalue weighted by atomic mass is 32.1. The van der Waals surface area contributed by atoms with Gasteiger partial charge in [0, 0.05) is 37.1 Å². The Bertz CT molecular complexity index is 1860. The van der Waals surface area contributed by atoms with Crippen molar-refractivity contribution in [1.82, 2.24) is 0 Å². The Morgan fingerprint density at radius 1 is 0.444 bits per heavy atom. The minimum atomic E-state index is 1.11. The first-order chi connectivity index (χ1) is 17.9. The van der Waals surface area contributed by atoms with Crippen molar-refractivity contribution in [3.05, 3.63) is 133 Å². The van der Waals surface area contributed by atoms with Gasteiger partial charge in [0.1, 0.15) is 0 Å². The fraction of sp³-hybridized carbons (Fsp3) is 0. The molecule has 1 nitrogen and oxygen atoms in total. The number of benzene rings is 6. The maximum atomic E-state index is 3.82. The fourth-order valence-electron chi connectivity index (χ4n) is 5.23. The molecule has 0 atom stereocenters. The van der Waals surface area contributed by atoms with E-state index in [4.69, 9.17) is 0 Å². The molecule has 0 spiro atoms. The molecule has 0 aliphatic heterocycles. The fourth-order valence-corrected chi connectivity index (χ4v) is 6.49. The van der Waals surface area contributed by atoms with E-state index in [0.717, 1.165) is 11.4 Å². The summed E-state index contributed by atoms with van der Waals surface area (Å²) in [5.74, 6) is 0. The maximum Gasteiger partial charge on any atom is 0.0478 e. The molecule has 170 valence electrons. The van der Waals surface area contributed by atoms with E-state index in [1.165, 1.54) is 53.2 Å². The van der Waals surface area contributed by atoms with Crippen LogP contribution in [0.2, 0.25) is 0 Å². The van der Waals surface area contributed by atoms with Gasteiger partial charge in [0.25, 0.3) is 0 Å². The molecule has 6 aromatic carbocycles. The Balaban J connectivity index is 1.40. The van der Waals surface area contributed by atoms with Crippen molar-refractivity contribution < 1.29 is 0 Å². The Kier molecular flexibility index (Phi) is 5.04. The predicted molar refractivity (Wildman–Crippen MR) is 157 cm³/mol. The number of anilines is 2. The number of rotatable bonds is 4. The number of fused-ring (bicyclic) bond motifs is 4. The topological polar surface area (TPSA) is 12.0 Å². The molecule has 0 radical (unpaired) electrons. The van der Waals surface area contributed by atoms with Gasteiger partial charge in [-0.05, 0) is 45.7 Å². The van der Waals surface area contributed by atoms with Crippen LogP contribution in [0, 0.1) is 0 Å². The number of para-hydroxylation sites is 1. The van der Waals surface area contributed by atoms with E-state index in [1.807, 2.05) is 11.3 Å². The van der Waals surface area contributed by atoms with Gasteiger partial charge in [-0.3, -0.25) is 0 Å². The van der Waals surface area contributed by atoms with Gasteiger partial charge in [-0.15, -0.1) is 11.3 Å². The number of thiophene rings is 1. The lowest BCUT2D eigenvalue weighted by molar-refractivity contribution is 1.57. The molecule has 36 heavy (non-hydrogen) atoms. The summed E-state index contributed by atoms with van der Waals surface area (Å²) in [6.07, 6.45) is 0. The van der Waals surface area contributed by atoms with E-state index >= 15 is 0 Å². The Morgan fingerprint density at radius 2 is 1.08 bits per heavy atom. The summed E-state index contributed by atoms with van der Waals surface area (Å²) in [5.41, 5.74) is 7.24. The quantitative estimate of drug-likeness (QED) is 0.266. The highest BCUT2D eigenvalue weighted by Crippen LogP contribution is 2.44. The molecule has 0 saturated carbocycles. The Hall–Kier alpha value is -4.40. The highest BCUT2D eigenvalue weighted by molar-refractivity contribution is 7.26. The van der Waals surface area contributed by atoms with Gasteiger partial charge in [-0.1, -0.05) is 115 Å². The van der Waals surface area contributed by atoms with Crippen LogP contribution in [0.4, 0.5) is 11.4 Å². The van der Waals surface area contributed by atoms with Crippen LogP contribution in [-0.2, 0) is 0 Å². The molecule has 0 aliphatic rings. The van der Waals surface area contributed by atoms with Crippen molar-refractivity contribution in [3.8, 4) is 22.3 Å². The van der Waals surface area contributed by atoms with Crippen molar-refractivity contribution in [2.75, 3.05) is 5.32 Å². The standard InChI is InChI=1S/C34H23NS/c1-2-11-24(12-3-1)26-17-9-19-29-33-31(21-10-22-32(33)36-34(26)29)35-30-20-7-6-16-28(30)27-18-8-14-23-13-4-5-15-25(23)27/h1-22,35H. The zero-order valence-corrected chi connectivity index (χ0v) is 20.4. The minimum Gasteiger partial charge on any atom is -0.354 e. The molecule has 1 aromatic heterocycles. The molecule has 7 rings (SSSR count). The van der Waals surface area contributed by atoms with Crippen LogP contribution in [0.5, 0.6) is 0 Å². The van der Waals surface area contributed by atoms with E-state index in [2.05, 4.69) is 139 Å². The number of nitrogens with one attached hydrogen (secondary N) is 1. The van der Waals surface area contributed by atoms with Gasteiger partial charge in [0.2, 0.25) is 0 Å². The van der Waals surface area contributed by atoms with Crippen molar-refractivity contribution in [2.45, 2.75) is 0 Å². The number of hydrogen-bond acceptors (Lipinski definition) is 2. The van der Waals surface area contributed by atoms with Crippen molar-refractivity contribution in [2.24, 2.45) is 0 Å². The lowest BCUT2D eigenvalue weighted by Crippen LogP contribution is -1.94. The van der Waals surface area contributed by atoms with Crippen molar-refractivity contribution in [1.29, 1.82) is 0 Å². The van der Waals surface area contributed by atoms with Crippen molar-refractivity contribution in [3.63, 3.8) is 0 Å². The molecule has 2 heteroatoms. The van der Waals surface area contributed by atoms with E-state index in [1.54, 1.807) is 0 Å². The molecule has 0 aliphatic carbocycles. The predicted octanol–water partition coefficient (Wildman–Crippen LogP) is 10.3. The third-order valence-corrected chi connectivity index (χ3v) is 8.09. The maximum absolute atomic E-state index is 3.82. The third kappa shape index (κ3) is 3.46. The molecule has 7 aromatic rings. The molecule has 0 bridgehead atoms. The van der Waals surface area contributed by atoms with Crippen LogP contribution in [0.15, 0.2) is 133 Å². The second-order valence-corrected chi connectivity index (χ2v) is 10.1. The van der Waals surface area contributed by atoms with Crippen LogP contribution >= 0.6 is 11.3 Å². The lowest BCUT2D eigenvalue weighted by atomic mass is 9.97. The minimum absolute atomic E-state index is 1.11. The van der Waals surface area contributed by atoms with Gasteiger partial charge >= 0.3 is 0 Å². The average Bonchev–Trinajstić information content (AvgIpc) is 3.33.